The average molecular weight is 493 g/mol. The van der Waals surface area contributed by atoms with E-state index in [4.69, 9.17) is 9.05 Å². The van der Waals surface area contributed by atoms with Crippen LogP contribution in [0.4, 0.5) is 0 Å². The van der Waals surface area contributed by atoms with Crippen LogP contribution in [0.25, 0.3) is 22.7 Å². The average Bonchev–Trinajstić information content (AvgIpc) is 3.55. The van der Waals surface area contributed by atoms with Gasteiger partial charge in [-0.15, -0.1) is 0 Å². The topological polar surface area (TPSA) is 85.3 Å². The van der Waals surface area contributed by atoms with Crippen LogP contribution >= 0.6 is 15.9 Å². The molecule has 2 aromatic heterocycles. The van der Waals surface area contributed by atoms with Gasteiger partial charge in [-0.2, -0.15) is 4.98 Å². The van der Waals surface area contributed by atoms with Gasteiger partial charge in [-0.25, -0.2) is 0 Å². The van der Waals surface area contributed by atoms with Gasteiger partial charge >= 0.3 is 0 Å². The van der Waals surface area contributed by atoms with Crippen LogP contribution in [0.1, 0.15) is 46.4 Å². The first-order chi connectivity index (χ1) is 15.5. The van der Waals surface area contributed by atoms with Crippen LogP contribution in [-0.2, 0) is 0 Å². The van der Waals surface area contributed by atoms with Crippen LogP contribution in [0.2, 0.25) is 0 Å². The Balaban J connectivity index is 1.37. The lowest BCUT2D eigenvalue weighted by Crippen LogP contribution is -2.31. The Labute approximate surface area is 193 Å². The van der Waals surface area contributed by atoms with Crippen molar-refractivity contribution in [1.82, 2.24) is 20.2 Å². The Bertz CT molecular complexity index is 1280. The van der Waals surface area contributed by atoms with Gasteiger partial charge in [-0.1, -0.05) is 38.4 Å². The van der Waals surface area contributed by atoms with E-state index in [1.165, 1.54) is 5.56 Å². The molecular formula is C24H21BrN4O3. The standard InChI is InChI=1S/C24H21BrN4O3/c1-14-5-6-17(12-15(14)2)21-13-19(27-31-21)24(30)29-11-3-4-20(29)23-26-22(28-32-23)16-7-9-18(25)10-8-16/h5-10,12-13,20H,3-4,11H2,1-2H3. The van der Waals surface area contributed by atoms with Gasteiger partial charge in [0.25, 0.3) is 5.91 Å². The normalized spacial score (nSPS) is 16.0. The number of carbonyl (C=O) groups excluding carboxylic acids is 1. The van der Waals surface area contributed by atoms with Crippen LogP contribution in [0.5, 0.6) is 0 Å². The molecule has 0 saturated carbocycles. The number of hydrogen-bond acceptors (Lipinski definition) is 6. The third kappa shape index (κ3) is 3.86. The molecule has 3 heterocycles. The number of likely N-dealkylation sites (tertiary alicyclic amines) is 1. The third-order valence-electron chi connectivity index (χ3n) is 5.86. The van der Waals surface area contributed by atoms with E-state index in [1.807, 2.05) is 49.4 Å². The lowest BCUT2D eigenvalue weighted by molar-refractivity contribution is 0.0699. The monoisotopic (exact) mass is 492 g/mol. The van der Waals surface area contributed by atoms with Crippen LogP contribution in [0.15, 0.2) is 62.0 Å². The molecule has 2 aromatic carbocycles. The summed E-state index contributed by atoms with van der Waals surface area (Å²) in [6, 6.07) is 15.1. The minimum Gasteiger partial charge on any atom is -0.355 e. The summed E-state index contributed by atoms with van der Waals surface area (Å²) in [4.78, 5) is 19.5. The van der Waals surface area contributed by atoms with Crippen molar-refractivity contribution in [2.24, 2.45) is 0 Å². The minimum atomic E-state index is -0.277. The van der Waals surface area contributed by atoms with Crippen molar-refractivity contribution in [3.8, 4) is 22.7 Å². The van der Waals surface area contributed by atoms with Crippen molar-refractivity contribution in [2.45, 2.75) is 32.7 Å². The molecular weight excluding hydrogens is 472 g/mol. The number of carbonyl (C=O) groups is 1. The molecule has 4 aromatic rings. The molecule has 162 valence electrons. The molecule has 32 heavy (non-hydrogen) atoms. The fraction of sp³-hybridized carbons (Fsp3) is 0.250. The van der Waals surface area contributed by atoms with Crippen molar-refractivity contribution >= 4 is 21.8 Å². The van der Waals surface area contributed by atoms with E-state index in [1.54, 1.807) is 11.0 Å². The SMILES string of the molecule is Cc1ccc(-c2cc(C(=O)N3CCCC3c3nc(-c4ccc(Br)cc4)no3)no2)cc1C. The van der Waals surface area contributed by atoms with Crippen molar-refractivity contribution in [3.63, 3.8) is 0 Å². The highest BCUT2D eigenvalue weighted by Crippen LogP contribution is 2.34. The molecule has 1 atom stereocenters. The maximum Gasteiger partial charge on any atom is 0.276 e. The van der Waals surface area contributed by atoms with E-state index in [0.717, 1.165) is 34.0 Å². The minimum absolute atomic E-state index is 0.199. The van der Waals surface area contributed by atoms with Crippen molar-refractivity contribution < 1.29 is 13.8 Å². The first-order valence-corrected chi connectivity index (χ1v) is 11.2. The molecule has 7 nitrogen and oxygen atoms in total. The predicted molar refractivity (Wildman–Crippen MR) is 122 cm³/mol. The van der Waals surface area contributed by atoms with E-state index in [9.17, 15) is 4.79 Å². The number of nitrogens with zero attached hydrogens (tertiary/aromatic N) is 4. The first kappa shape index (κ1) is 20.6. The molecule has 1 aliphatic heterocycles. The zero-order chi connectivity index (χ0) is 22.2. The quantitative estimate of drug-likeness (QED) is 0.360. The van der Waals surface area contributed by atoms with Crippen molar-refractivity contribution in [2.75, 3.05) is 6.54 Å². The number of hydrogen-bond donors (Lipinski definition) is 0. The van der Waals surface area contributed by atoms with E-state index in [-0.39, 0.29) is 17.6 Å². The second-order valence-electron chi connectivity index (χ2n) is 8.00. The molecule has 1 unspecified atom stereocenters. The van der Waals surface area contributed by atoms with Crippen LogP contribution in [-0.4, -0.2) is 32.6 Å². The van der Waals surface area contributed by atoms with Gasteiger partial charge in [0, 0.05) is 28.2 Å². The van der Waals surface area contributed by atoms with Crippen LogP contribution in [0.3, 0.4) is 0 Å². The molecule has 0 bridgehead atoms. The number of amides is 1. The molecule has 1 aliphatic rings. The molecule has 0 spiro atoms. The van der Waals surface area contributed by atoms with Crippen LogP contribution in [0, 0.1) is 13.8 Å². The smallest absolute Gasteiger partial charge is 0.276 e. The molecule has 0 aliphatic carbocycles. The number of rotatable bonds is 4. The molecule has 0 radical (unpaired) electrons. The highest BCUT2D eigenvalue weighted by Gasteiger charge is 2.36. The molecule has 1 amide bonds. The highest BCUT2D eigenvalue weighted by atomic mass is 79.9. The fourth-order valence-corrected chi connectivity index (χ4v) is 4.17. The highest BCUT2D eigenvalue weighted by molar-refractivity contribution is 9.10. The van der Waals surface area contributed by atoms with Gasteiger partial charge in [0.1, 0.15) is 6.04 Å². The molecule has 5 rings (SSSR count). The van der Waals surface area contributed by atoms with Gasteiger partial charge in [-0.3, -0.25) is 4.79 Å². The summed E-state index contributed by atoms with van der Waals surface area (Å²) in [7, 11) is 0. The largest absolute Gasteiger partial charge is 0.355 e. The second kappa shape index (κ2) is 8.35. The summed E-state index contributed by atoms with van der Waals surface area (Å²) in [5, 5.41) is 8.15. The Hall–Kier alpha value is -3.26. The summed E-state index contributed by atoms with van der Waals surface area (Å²) < 4.78 is 12.0. The molecule has 1 saturated heterocycles. The Morgan fingerprint density at radius 2 is 1.78 bits per heavy atom. The fourth-order valence-electron chi connectivity index (χ4n) is 3.91. The third-order valence-corrected chi connectivity index (χ3v) is 6.39. The Morgan fingerprint density at radius 3 is 2.56 bits per heavy atom. The predicted octanol–water partition coefficient (Wildman–Crippen LogP) is 5.75. The number of aromatic nitrogens is 3. The first-order valence-electron chi connectivity index (χ1n) is 10.4. The second-order valence-corrected chi connectivity index (χ2v) is 8.91. The van der Waals surface area contributed by atoms with E-state index in [0.29, 0.717) is 24.0 Å². The van der Waals surface area contributed by atoms with Crippen molar-refractivity contribution in [3.05, 3.63) is 75.7 Å². The van der Waals surface area contributed by atoms with Gasteiger partial charge in [0.15, 0.2) is 11.5 Å². The summed E-state index contributed by atoms with van der Waals surface area (Å²) >= 11 is 3.42. The summed E-state index contributed by atoms with van der Waals surface area (Å²) in [5.74, 6) is 1.31. The number of aryl methyl sites for hydroxylation is 2. The lowest BCUT2D eigenvalue weighted by Gasteiger charge is -2.20. The summed E-state index contributed by atoms with van der Waals surface area (Å²) in [6.45, 7) is 4.70. The summed E-state index contributed by atoms with van der Waals surface area (Å²) in [5.41, 5.74) is 4.39. The molecule has 8 heteroatoms. The van der Waals surface area contributed by atoms with E-state index < -0.39 is 0 Å². The van der Waals surface area contributed by atoms with Crippen LogP contribution < -0.4 is 0 Å². The Kier molecular flexibility index (Phi) is 5.38. The number of halogens is 1. The van der Waals surface area contributed by atoms with Gasteiger partial charge in [0.2, 0.25) is 11.7 Å². The zero-order valence-electron chi connectivity index (χ0n) is 17.7. The van der Waals surface area contributed by atoms with Gasteiger partial charge in [-0.05, 0) is 68.1 Å². The molecule has 1 fully saturated rings. The summed E-state index contributed by atoms with van der Waals surface area (Å²) in [6.07, 6.45) is 1.61. The zero-order valence-corrected chi connectivity index (χ0v) is 19.3. The van der Waals surface area contributed by atoms with Crippen molar-refractivity contribution in [1.29, 1.82) is 0 Å². The lowest BCUT2D eigenvalue weighted by atomic mass is 10.0. The van der Waals surface area contributed by atoms with Gasteiger partial charge in [0.05, 0.1) is 0 Å². The Morgan fingerprint density at radius 1 is 1.00 bits per heavy atom. The number of benzene rings is 2. The molecule has 0 N–H and O–H groups in total. The van der Waals surface area contributed by atoms with E-state index in [2.05, 4.69) is 38.2 Å². The maximum atomic E-state index is 13.2. The maximum absolute atomic E-state index is 13.2. The van der Waals surface area contributed by atoms with Gasteiger partial charge < -0.3 is 13.9 Å². The van der Waals surface area contributed by atoms with E-state index >= 15 is 0 Å².